The SMILES string of the molecule is CCn1c(=O)c2c(=O)c(C3C4=C(CCCC4=O)OC4=C3C(=O)CCC4)coc2c2ccccc21. The zero-order valence-electron chi connectivity index (χ0n) is 18.8. The van der Waals surface area contributed by atoms with Crippen LogP contribution in [0.3, 0.4) is 0 Å². The van der Waals surface area contributed by atoms with Crippen LogP contribution in [-0.2, 0) is 20.9 Å². The van der Waals surface area contributed by atoms with Gasteiger partial charge in [0.05, 0.1) is 17.7 Å². The molecule has 0 amide bonds. The minimum Gasteiger partial charge on any atom is -0.465 e. The number of allylic oxidation sites excluding steroid dienone is 4. The number of ketones is 2. The third kappa shape index (κ3) is 2.82. The predicted molar refractivity (Wildman–Crippen MR) is 126 cm³/mol. The first kappa shape index (κ1) is 20.8. The molecule has 2 aliphatic carbocycles. The first-order chi connectivity index (χ1) is 16.5. The zero-order chi connectivity index (χ0) is 23.6. The van der Waals surface area contributed by atoms with E-state index in [0.29, 0.717) is 78.6 Å². The normalized spacial score (nSPS) is 19.0. The van der Waals surface area contributed by atoms with Gasteiger partial charge >= 0.3 is 0 Å². The second-order valence-electron chi connectivity index (χ2n) is 9.05. The molecule has 7 heteroatoms. The highest BCUT2D eigenvalue weighted by Gasteiger charge is 2.43. The number of aryl methyl sites for hydroxylation is 1. The van der Waals surface area contributed by atoms with Gasteiger partial charge in [0.25, 0.3) is 5.56 Å². The average molecular weight is 457 g/mol. The van der Waals surface area contributed by atoms with E-state index < -0.39 is 16.9 Å². The lowest BCUT2D eigenvalue weighted by atomic mass is 9.73. The van der Waals surface area contributed by atoms with Crippen molar-refractivity contribution in [2.24, 2.45) is 0 Å². The third-order valence-electron chi connectivity index (χ3n) is 7.19. The molecule has 7 nitrogen and oxygen atoms in total. The molecule has 172 valence electrons. The summed E-state index contributed by atoms with van der Waals surface area (Å²) < 4.78 is 13.6. The number of hydrogen-bond acceptors (Lipinski definition) is 6. The molecule has 3 heterocycles. The fourth-order valence-electron chi connectivity index (χ4n) is 5.66. The summed E-state index contributed by atoms with van der Waals surface area (Å²) in [5.74, 6) is -0.0291. The molecule has 0 atom stereocenters. The van der Waals surface area contributed by atoms with Crippen LogP contribution < -0.4 is 11.0 Å². The van der Waals surface area contributed by atoms with Crippen LogP contribution in [0.4, 0.5) is 0 Å². The van der Waals surface area contributed by atoms with E-state index in [-0.39, 0.29) is 28.1 Å². The van der Waals surface area contributed by atoms with Gasteiger partial charge in [-0.05, 0) is 31.9 Å². The molecule has 0 saturated heterocycles. The van der Waals surface area contributed by atoms with Crippen molar-refractivity contribution in [1.29, 1.82) is 0 Å². The summed E-state index contributed by atoms with van der Waals surface area (Å²) in [7, 11) is 0. The number of pyridine rings is 1. The highest BCUT2D eigenvalue weighted by Crippen LogP contribution is 2.47. The van der Waals surface area contributed by atoms with Crippen molar-refractivity contribution in [3.05, 3.63) is 79.3 Å². The fourth-order valence-corrected chi connectivity index (χ4v) is 5.66. The monoisotopic (exact) mass is 457 g/mol. The van der Waals surface area contributed by atoms with Crippen molar-refractivity contribution in [3.8, 4) is 0 Å². The standard InChI is InChI=1S/C27H23NO6/c1-2-28-16-8-4-3-7-14(16)26-24(27(28)32)25(31)15(13-33-26)21-22-17(29)9-5-11-19(22)34-20-12-6-10-18(30)23(20)21/h3-4,7-8,13,21H,2,5-6,9-12H2,1H3. The van der Waals surface area contributed by atoms with Crippen molar-refractivity contribution in [2.75, 3.05) is 0 Å². The number of carbonyl (C=O) groups is 2. The van der Waals surface area contributed by atoms with Gasteiger partial charge in [-0.3, -0.25) is 19.2 Å². The molecule has 34 heavy (non-hydrogen) atoms. The van der Waals surface area contributed by atoms with Gasteiger partial charge in [-0.2, -0.15) is 0 Å². The minimum atomic E-state index is -0.860. The summed E-state index contributed by atoms with van der Waals surface area (Å²) >= 11 is 0. The number of Topliss-reactive ketones (excluding diaryl/α,β-unsaturated/α-hetero) is 2. The molecule has 0 bridgehead atoms. The smallest absolute Gasteiger partial charge is 0.266 e. The van der Waals surface area contributed by atoms with Crippen LogP contribution >= 0.6 is 0 Å². The second-order valence-corrected chi connectivity index (χ2v) is 9.05. The van der Waals surface area contributed by atoms with E-state index in [1.807, 2.05) is 31.2 Å². The Hall–Kier alpha value is -3.74. The zero-order valence-corrected chi connectivity index (χ0v) is 18.8. The van der Waals surface area contributed by atoms with Crippen molar-refractivity contribution in [3.63, 3.8) is 0 Å². The van der Waals surface area contributed by atoms with Gasteiger partial charge in [0.15, 0.2) is 17.1 Å². The molecular weight excluding hydrogens is 434 g/mol. The number of para-hydroxylation sites is 1. The summed E-state index contributed by atoms with van der Waals surface area (Å²) in [6.45, 7) is 2.23. The first-order valence-electron chi connectivity index (χ1n) is 11.8. The maximum Gasteiger partial charge on any atom is 0.266 e. The highest BCUT2D eigenvalue weighted by atomic mass is 16.5. The Morgan fingerprint density at radius 1 is 0.912 bits per heavy atom. The van der Waals surface area contributed by atoms with Gasteiger partial charge in [0, 0.05) is 54.3 Å². The van der Waals surface area contributed by atoms with Crippen molar-refractivity contribution in [1.82, 2.24) is 4.57 Å². The molecule has 0 spiro atoms. The molecule has 0 radical (unpaired) electrons. The number of rotatable bonds is 2. The molecule has 1 aliphatic heterocycles. The van der Waals surface area contributed by atoms with Gasteiger partial charge in [-0.25, -0.2) is 0 Å². The number of carbonyl (C=O) groups excluding carboxylic acids is 2. The van der Waals surface area contributed by atoms with Crippen LogP contribution in [-0.4, -0.2) is 16.1 Å². The van der Waals surface area contributed by atoms with Gasteiger partial charge in [0.1, 0.15) is 16.9 Å². The van der Waals surface area contributed by atoms with Crippen LogP contribution in [0.5, 0.6) is 0 Å². The molecule has 0 fully saturated rings. The van der Waals surface area contributed by atoms with Gasteiger partial charge in [0.2, 0.25) is 5.43 Å². The van der Waals surface area contributed by atoms with E-state index in [1.54, 1.807) is 4.57 Å². The largest absolute Gasteiger partial charge is 0.465 e. The molecule has 0 saturated carbocycles. The Kier molecular flexibility index (Phi) is 4.69. The van der Waals surface area contributed by atoms with Crippen LogP contribution in [0.1, 0.15) is 56.9 Å². The maximum atomic E-state index is 13.9. The summed E-state index contributed by atoms with van der Waals surface area (Å²) in [6.07, 6.45) is 4.50. The van der Waals surface area contributed by atoms with E-state index in [2.05, 4.69) is 0 Å². The molecule has 2 aromatic heterocycles. The Morgan fingerprint density at radius 3 is 2.21 bits per heavy atom. The van der Waals surface area contributed by atoms with E-state index in [9.17, 15) is 19.2 Å². The van der Waals surface area contributed by atoms with E-state index >= 15 is 0 Å². The van der Waals surface area contributed by atoms with Gasteiger partial charge < -0.3 is 13.7 Å². The molecule has 6 rings (SSSR count). The third-order valence-corrected chi connectivity index (χ3v) is 7.19. The number of hydrogen-bond donors (Lipinski definition) is 0. The second kappa shape index (κ2) is 7.65. The summed E-state index contributed by atoms with van der Waals surface area (Å²) in [5.41, 5.74) is 0.848. The Morgan fingerprint density at radius 2 is 1.56 bits per heavy atom. The predicted octanol–water partition coefficient (Wildman–Crippen LogP) is 4.26. The van der Waals surface area contributed by atoms with Crippen molar-refractivity contribution in [2.45, 2.75) is 57.9 Å². The lowest BCUT2D eigenvalue weighted by Crippen LogP contribution is -2.34. The summed E-state index contributed by atoms with van der Waals surface area (Å²) in [4.78, 5) is 53.5. The fraction of sp³-hybridized carbons (Fsp3) is 0.333. The van der Waals surface area contributed by atoms with Crippen LogP contribution in [0, 0.1) is 0 Å². The minimum absolute atomic E-state index is 0.0552. The van der Waals surface area contributed by atoms with Crippen LogP contribution in [0.15, 0.2) is 67.2 Å². The van der Waals surface area contributed by atoms with Gasteiger partial charge in [-0.15, -0.1) is 0 Å². The quantitative estimate of drug-likeness (QED) is 0.534. The number of ether oxygens (including phenoxy) is 1. The summed E-state index contributed by atoms with van der Waals surface area (Å²) in [5, 5.41) is 0.609. The Bertz CT molecular complexity index is 1560. The molecule has 1 aromatic carbocycles. The van der Waals surface area contributed by atoms with E-state index in [4.69, 9.17) is 9.15 Å². The van der Waals surface area contributed by atoms with E-state index in [1.165, 1.54) is 6.26 Å². The average Bonchev–Trinajstić information content (AvgIpc) is 2.84. The molecule has 0 unspecified atom stereocenters. The molecule has 3 aliphatic rings. The first-order valence-corrected chi connectivity index (χ1v) is 11.8. The maximum absolute atomic E-state index is 13.9. The van der Waals surface area contributed by atoms with E-state index in [0.717, 1.165) is 0 Å². The molecular formula is C27H23NO6. The number of benzene rings is 1. The lowest BCUT2D eigenvalue weighted by Gasteiger charge is -2.35. The van der Waals surface area contributed by atoms with Crippen LogP contribution in [0.2, 0.25) is 0 Å². The number of aromatic nitrogens is 1. The molecule has 3 aromatic rings. The number of nitrogens with zero attached hydrogens (tertiary/aromatic N) is 1. The van der Waals surface area contributed by atoms with Crippen LogP contribution in [0.25, 0.3) is 21.9 Å². The topological polar surface area (TPSA) is 95.6 Å². The van der Waals surface area contributed by atoms with Gasteiger partial charge in [-0.1, -0.05) is 12.1 Å². The van der Waals surface area contributed by atoms with Crippen molar-refractivity contribution >= 4 is 33.4 Å². The lowest BCUT2D eigenvalue weighted by molar-refractivity contribution is -0.117. The Labute approximate surface area is 194 Å². The highest BCUT2D eigenvalue weighted by molar-refractivity contribution is 6.06. The summed E-state index contributed by atoms with van der Waals surface area (Å²) in [6, 6.07) is 7.30. The number of fused-ring (bicyclic) bond motifs is 3. The Balaban J connectivity index is 1.70. The molecule has 0 N–H and O–H groups in total. The van der Waals surface area contributed by atoms with Crippen molar-refractivity contribution < 1.29 is 18.7 Å².